The predicted octanol–water partition coefficient (Wildman–Crippen LogP) is 3.19. The molecule has 0 saturated heterocycles. The van der Waals surface area contributed by atoms with Gasteiger partial charge >= 0.3 is 0 Å². The SMILES string of the molecule is C#CCOCCOCCNC(=O)CCC(CC)(CCC)NC(=O)C(/C=C(/O)C=C)=C/C. The van der Waals surface area contributed by atoms with E-state index < -0.39 is 5.54 Å². The number of amides is 2. The van der Waals surface area contributed by atoms with Gasteiger partial charge < -0.3 is 25.2 Å². The van der Waals surface area contributed by atoms with Crippen LogP contribution in [0.25, 0.3) is 0 Å². The average molecular weight is 435 g/mol. The van der Waals surface area contributed by atoms with Crippen LogP contribution in [0.2, 0.25) is 0 Å². The van der Waals surface area contributed by atoms with E-state index >= 15 is 0 Å². The first-order valence-electron chi connectivity index (χ1n) is 10.8. The van der Waals surface area contributed by atoms with Crippen LogP contribution in [0.15, 0.2) is 36.1 Å². The minimum absolute atomic E-state index is 0.0787. The number of aliphatic hydroxyl groups is 1. The van der Waals surface area contributed by atoms with Gasteiger partial charge in [-0.2, -0.15) is 0 Å². The number of aliphatic hydroxyl groups excluding tert-OH is 1. The maximum absolute atomic E-state index is 12.8. The molecule has 0 fully saturated rings. The van der Waals surface area contributed by atoms with E-state index in [1.807, 2.05) is 13.8 Å². The molecule has 0 aromatic rings. The standard InChI is InChI=1S/C24H38N2O5/c1-6-12-24(10-5,26-23(29)20(8-3)19-21(27)9-4)13-11-22(28)25-14-16-31-18-17-30-15-7-2/h2,8-9,19,27H,4,6,10-18H2,1,3,5H3,(H,25,28)(H,26,29)/b20-8+,21-19+. The second-order valence-electron chi connectivity index (χ2n) is 7.07. The summed E-state index contributed by atoms with van der Waals surface area (Å²) in [4.78, 5) is 25.0. The minimum Gasteiger partial charge on any atom is -0.508 e. The molecule has 0 bridgehead atoms. The van der Waals surface area contributed by atoms with Gasteiger partial charge in [-0.3, -0.25) is 9.59 Å². The van der Waals surface area contributed by atoms with E-state index in [4.69, 9.17) is 15.9 Å². The second kappa shape index (κ2) is 17.2. The van der Waals surface area contributed by atoms with Crippen molar-refractivity contribution in [3.8, 4) is 12.3 Å². The summed E-state index contributed by atoms with van der Waals surface area (Å²) >= 11 is 0. The molecule has 7 nitrogen and oxygen atoms in total. The number of ether oxygens (including phenoxy) is 2. The first kappa shape index (κ1) is 28.4. The number of carbonyl (C=O) groups is 2. The van der Waals surface area contributed by atoms with Crippen molar-refractivity contribution >= 4 is 11.8 Å². The maximum atomic E-state index is 12.8. The van der Waals surface area contributed by atoms with Crippen molar-refractivity contribution < 1.29 is 24.2 Å². The Morgan fingerprint density at radius 2 is 1.90 bits per heavy atom. The zero-order chi connectivity index (χ0) is 23.5. The smallest absolute Gasteiger partial charge is 0.251 e. The van der Waals surface area contributed by atoms with E-state index in [9.17, 15) is 14.7 Å². The number of rotatable bonds is 17. The third kappa shape index (κ3) is 12.7. The Morgan fingerprint density at radius 3 is 2.48 bits per heavy atom. The third-order valence-electron chi connectivity index (χ3n) is 4.83. The molecule has 2 amide bonds. The van der Waals surface area contributed by atoms with Crippen molar-refractivity contribution in [3.63, 3.8) is 0 Å². The van der Waals surface area contributed by atoms with Gasteiger partial charge in [0.1, 0.15) is 12.4 Å². The Labute approximate surface area is 187 Å². The highest BCUT2D eigenvalue weighted by atomic mass is 16.5. The van der Waals surface area contributed by atoms with Gasteiger partial charge in [0.2, 0.25) is 5.91 Å². The number of terminal acetylenes is 1. The molecule has 0 heterocycles. The Kier molecular flexibility index (Phi) is 15.7. The fraction of sp³-hybridized carbons (Fsp3) is 0.583. The van der Waals surface area contributed by atoms with Crippen molar-refractivity contribution in [3.05, 3.63) is 36.1 Å². The highest BCUT2D eigenvalue weighted by Crippen LogP contribution is 2.24. The predicted molar refractivity (Wildman–Crippen MR) is 123 cm³/mol. The second-order valence-corrected chi connectivity index (χ2v) is 7.07. The van der Waals surface area contributed by atoms with Crippen LogP contribution < -0.4 is 10.6 Å². The molecule has 0 aliphatic heterocycles. The summed E-state index contributed by atoms with van der Waals surface area (Å²) in [5.41, 5.74) is -0.154. The summed E-state index contributed by atoms with van der Waals surface area (Å²) in [5.74, 6) is 1.92. The van der Waals surface area contributed by atoms with Gasteiger partial charge in [-0.05, 0) is 38.3 Å². The molecule has 0 aliphatic rings. The van der Waals surface area contributed by atoms with Crippen LogP contribution in [0.4, 0.5) is 0 Å². The number of hydrogen-bond acceptors (Lipinski definition) is 5. The Balaban J connectivity index is 4.67. The van der Waals surface area contributed by atoms with E-state index in [0.717, 1.165) is 12.8 Å². The molecular formula is C24H38N2O5. The van der Waals surface area contributed by atoms with E-state index in [1.54, 1.807) is 13.0 Å². The Bertz CT molecular complexity index is 663. The molecular weight excluding hydrogens is 396 g/mol. The van der Waals surface area contributed by atoms with Crippen molar-refractivity contribution in [2.75, 3.05) is 33.0 Å². The van der Waals surface area contributed by atoms with Gasteiger partial charge in [0, 0.05) is 24.1 Å². The van der Waals surface area contributed by atoms with Crippen LogP contribution in [-0.2, 0) is 19.1 Å². The Hall–Kier alpha value is -2.56. The zero-order valence-corrected chi connectivity index (χ0v) is 19.2. The summed E-state index contributed by atoms with van der Waals surface area (Å²) in [6.45, 7) is 11.1. The van der Waals surface area contributed by atoms with Gasteiger partial charge in [-0.1, -0.05) is 38.8 Å². The first-order valence-corrected chi connectivity index (χ1v) is 10.8. The van der Waals surface area contributed by atoms with Gasteiger partial charge in [-0.15, -0.1) is 6.42 Å². The topological polar surface area (TPSA) is 96.9 Å². The van der Waals surface area contributed by atoms with Crippen LogP contribution in [0.3, 0.4) is 0 Å². The fourth-order valence-electron chi connectivity index (χ4n) is 3.04. The highest BCUT2D eigenvalue weighted by molar-refractivity contribution is 5.96. The van der Waals surface area contributed by atoms with Crippen molar-refractivity contribution in [2.24, 2.45) is 0 Å². The van der Waals surface area contributed by atoms with Crippen LogP contribution in [0.1, 0.15) is 52.9 Å². The van der Waals surface area contributed by atoms with Crippen LogP contribution >= 0.6 is 0 Å². The molecule has 1 atom stereocenters. The van der Waals surface area contributed by atoms with E-state index in [-0.39, 0.29) is 24.2 Å². The maximum Gasteiger partial charge on any atom is 0.251 e. The lowest BCUT2D eigenvalue weighted by Gasteiger charge is -2.34. The van der Waals surface area contributed by atoms with Crippen molar-refractivity contribution in [1.82, 2.24) is 10.6 Å². The van der Waals surface area contributed by atoms with Gasteiger partial charge in [0.05, 0.1) is 19.8 Å². The number of nitrogens with one attached hydrogen (secondary N) is 2. The monoisotopic (exact) mass is 434 g/mol. The molecule has 0 radical (unpaired) electrons. The minimum atomic E-state index is -0.500. The van der Waals surface area contributed by atoms with Crippen LogP contribution in [-0.4, -0.2) is 55.4 Å². The lowest BCUT2D eigenvalue weighted by molar-refractivity contribution is -0.123. The molecule has 0 aliphatic carbocycles. The summed E-state index contributed by atoms with van der Waals surface area (Å²) < 4.78 is 10.5. The molecule has 0 aromatic heterocycles. The molecule has 1 unspecified atom stereocenters. The Morgan fingerprint density at radius 1 is 1.19 bits per heavy atom. The van der Waals surface area contributed by atoms with E-state index in [0.29, 0.717) is 51.2 Å². The van der Waals surface area contributed by atoms with Gasteiger partial charge in [-0.25, -0.2) is 0 Å². The molecule has 0 saturated carbocycles. The molecule has 3 N–H and O–H groups in total. The van der Waals surface area contributed by atoms with Crippen LogP contribution in [0.5, 0.6) is 0 Å². The molecule has 174 valence electrons. The number of allylic oxidation sites excluding steroid dienone is 2. The first-order chi connectivity index (χ1) is 14.9. The molecule has 0 aromatic carbocycles. The van der Waals surface area contributed by atoms with Crippen LogP contribution in [0, 0.1) is 12.3 Å². The van der Waals surface area contributed by atoms with E-state index in [2.05, 4.69) is 23.1 Å². The molecule has 7 heteroatoms. The number of carbonyl (C=O) groups excluding carboxylic acids is 2. The average Bonchev–Trinajstić information content (AvgIpc) is 2.77. The van der Waals surface area contributed by atoms with E-state index in [1.165, 1.54) is 12.2 Å². The summed E-state index contributed by atoms with van der Waals surface area (Å²) in [6.07, 6.45) is 12.5. The lowest BCUT2D eigenvalue weighted by atomic mass is 9.85. The van der Waals surface area contributed by atoms with Crippen molar-refractivity contribution in [2.45, 2.75) is 58.4 Å². The normalized spacial score (nSPS) is 13.7. The van der Waals surface area contributed by atoms with Crippen molar-refractivity contribution in [1.29, 1.82) is 0 Å². The largest absolute Gasteiger partial charge is 0.508 e. The summed E-state index contributed by atoms with van der Waals surface area (Å²) in [5, 5.41) is 15.6. The highest BCUT2D eigenvalue weighted by Gasteiger charge is 2.30. The summed E-state index contributed by atoms with van der Waals surface area (Å²) in [7, 11) is 0. The molecule has 0 spiro atoms. The third-order valence-corrected chi connectivity index (χ3v) is 4.83. The van der Waals surface area contributed by atoms with Gasteiger partial charge in [0.25, 0.3) is 5.91 Å². The molecule has 0 rings (SSSR count). The molecule has 31 heavy (non-hydrogen) atoms. The number of hydrogen-bond donors (Lipinski definition) is 3. The summed E-state index contributed by atoms with van der Waals surface area (Å²) in [6, 6.07) is 0. The lowest BCUT2D eigenvalue weighted by Crippen LogP contribution is -2.49. The zero-order valence-electron chi connectivity index (χ0n) is 19.2. The quantitative estimate of drug-likeness (QED) is 0.107. The fourth-order valence-corrected chi connectivity index (χ4v) is 3.04. The van der Waals surface area contributed by atoms with Gasteiger partial charge in [0.15, 0.2) is 0 Å².